The maximum Gasteiger partial charge on any atom is 0.124 e. The Morgan fingerprint density at radius 3 is 2.67 bits per heavy atom. The highest BCUT2D eigenvalue weighted by Gasteiger charge is 2.20. The Morgan fingerprint density at radius 2 is 2.06 bits per heavy atom. The van der Waals surface area contributed by atoms with Crippen molar-refractivity contribution in [1.82, 2.24) is 4.98 Å². The molecule has 2 unspecified atom stereocenters. The molecule has 1 heterocycles. The molecule has 0 amide bonds. The van der Waals surface area contributed by atoms with E-state index in [1.165, 1.54) is 12.1 Å². The minimum Gasteiger partial charge on any atom is -0.323 e. The van der Waals surface area contributed by atoms with Crippen molar-refractivity contribution >= 4 is 11.6 Å². The first kappa shape index (κ1) is 13.0. The summed E-state index contributed by atoms with van der Waals surface area (Å²) in [6.07, 6.45) is 1.73. The predicted octanol–water partition coefficient (Wildman–Crippen LogP) is 3.68. The van der Waals surface area contributed by atoms with Crippen LogP contribution in [0, 0.1) is 5.82 Å². The summed E-state index contributed by atoms with van der Waals surface area (Å²) in [6.45, 7) is 1.98. The Morgan fingerprint density at radius 1 is 1.28 bits per heavy atom. The highest BCUT2D eigenvalue weighted by molar-refractivity contribution is 6.31. The Balaban J connectivity index is 2.28. The van der Waals surface area contributed by atoms with Gasteiger partial charge in [0.2, 0.25) is 0 Å². The molecular formula is C14H14ClFN2. The maximum atomic E-state index is 13.0. The van der Waals surface area contributed by atoms with Crippen LogP contribution in [-0.4, -0.2) is 4.98 Å². The van der Waals surface area contributed by atoms with Gasteiger partial charge >= 0.3 is 0 Å². The van der Waals surface area contributed by atoms with Crippen molar-refractivity contribution in [3.63, 3.8) is 0 Å². The molecule has 0 fully saturated rings. The fourth-order valence-electron chi connectivity index (χ4n) is 1.87. The number of hydrogen-bond donors (Lipinski definition) is 1. The summed E-state index contributed by atoms with van der Waals surface area (Å²) in [6, 6.07) is 9.65. The third kappa shape index (κ3) is 2.68. The van der Waals surface area contributed by atoms with Crippen LogP contribution in [0.2, 0.25) is 5.02 Å². The summed E-state index contributed by atoms with van der Waals surface area (Å²) in [5, 5.41) is 0.352. The van der Waals surface area contributed by atoms with Crippen LogP contribution in [0.1, 0.15) is 30.1 Å². The topological polar surface area (TPSA) is 38.9 Å². The molecule has 0 aliphatic heterocycles. The molecule has 2 N–H and O–H groups in total. The van der Waals surface area contributed by atoms with E-state index < -0.39 is 0 Å². The van der Waals surface area contributed by atoms with Crippen molar-refractivity contribution in [3.05, 3.63) is 64.7 Å². The van der Waals surface area contributed by atoms with Gasteiger partial charge in [0.25, 0.3) is 0 Å². The van der Waals surface area contributed by atoms with Gasteiger partial charge in [0.1, 0.15) is 5.82 Å². The monoisotopic (exact) mass is 264 g/mol. The second kappa shape index (κ2) is 5.46. The number of pyridine rings is 1. The van der Waals surface area contributed by atoms with Crippen molar-refractivity contribution in [1.29, 1.82) is 0 Å². The Labute approximate surface area is 111 Å². The van der Waals surface area contributed by atoms with Crippen molar-refractivity contribution < 1.29 is 4.39 Å². The predicted molar refractivity (Wildman–Crippen MR) is 71.0 cm³/mol. The van der Waals surface area contributed by atoms with Crippen LogP contribution >= 0.6 is 11.6 Å². The molecule has 2 aromatic rings. The normalized spacial score (nSPS) is 14.2. The quantitative estimate of drug-likeness (QED) is 0.919. The second-order valence-electron chi connectivity index (χ2n) is 4.23. The van der Waals surface area contributed by atoms with Gasteiger partial charge in [-0.2, -0.15) is 0 Å². The first-order valence-electron chi connectivity index (χ1n) is 5.71. The molecule has 1 aromatic carbocycles. The largest absolute Gasteiger partial charge is 0.323 e. The average molecular weight is 265 g/mol. The van der Waals surface area contributed by atoms with E-state index in [1.54, 1.807) is 12.3 Å². The lowest BCUT2D eigenvalue weighted by molar-refractivity contribution is 0.579. The van der Waals surface area contributed by atoms with E-state index in [1.807, 2.05) is 25.1 Å². The van der Waals surface area contributed by atoms with E-state index >= 15 is 0 Å². The lowest BCUT2D eigenvalue weighted by atomic mass is 9.92. The van der Waals surface area contributed by atoms with E-state index in [0.29, 0.717) is 5.02 Å². The average Bonchev–Trinajstić information content (AvgIpc) is 2.38. The van der Waals surface area contributed by atoms with Gasteiger partial charge in [0, 0.05) is 28.9 Å². The number of hydrogen-bond acceptors (Lipinski definition) is 2. The molecule has 0 saturated carbocycles. The molecule has 0 aliphatic carbocycles. The van der Waals surface area contributed by atoms with E-state index in [4.69, 9.17) is 17.3 Å². The first-order valence-corrected chi connectivity index (χ1v) is 6.09. The van der Waals surface area contributed by atoms with Gasteiger partial charge in [-0.3, -0.25) is 4.98 Å². The van der Waals surface area contributed by atoms with Crippen LogP contribution in [0.25, 0.3) is 0 Å². The van der Waals surface area contributed by atoms with Gasteiger partial charge in [-0.15, -0.1) is 0 Å². The molecule has 0 radical (unpaired) electrons. The van der Waals surface area contributed by atoms with Crippen molar-refractivity contribution in [2.45, 2.75) is 18.9 Å². The molecular weight excluding hydrogens is 251 g/mol. The third-order valence-electron chi connectivity index (χ3n) is 3.01. The SMILES string of the molecule is CC(c1ccccn1)C(N)c1ccc(F)cc1Cl. The summed E-state index contributed by atoms with van der Waals surface area (Å²) in [7, 11) is 0. The zero-order valence-corrected chi connectivity index (χ0v) is 10.7. The van der Waals surface area contributed by atoms with Gasteiger partial charge in [0.15, 0.2) is 0 Å². The third-order valence-corrected chi connectivity index (χ3v) is 3.34. The van der Waals surface area contributed by atoms with Crippen molar-refractivity contribution in [3.8, 4) is 0 Å². The summed E-state index contributed by atoms with van der Waals surface area (Å²) < 4.78 is 13.0. The molecule has 18 heavy (non-hydrogen) atoms. The molecule has 0 aliphatic rings. The second-order valence-corrected chi connectivity index (χ2v) is 4.64. The van der Waals surface area contributed by atoms with E-state index in [0.717, 1.165) is 11.3 Å². The zero-order chi connectivity index (χ0) is 13.1. The molecule has 1 aromatic heterocycles. The fourth-order valence-corrected chi connectivity index (χ4v) is 2.16. The number of nitrogens with zero attached hydrogens (tertiary/aromatic N) is 1. The summed E-state index contributed by atoms with van der Waals surface area (Å²) in [5.41, 5.74) is 7.80. The Hall–Kier alpha value is -1.45. The zero-order valence-electron chi connectivity index (χ0n) is 9.98. The molecule has 0 saturated heterocycles. The first-order chi connectivity index (χ1) is 8.59. The summed E-state index contributed by atoms with van der Waals surface area (Å²) >= 11 is 6.02. The van der Waals surface area contributed by atoms with Crippen LogP contribution in [-0.2, 0) is 0 Å². The molecule has 0 spiro atoms. The molecule has 0 bridgehead atoms. The highest BCUT2D eigenvalue weighted by atomic mass is 35.5. The highest BCUT2D eigenvalue weighted by Crippen LogP contribution is 2.31. The molecule has 2 atom stereocenters. The van der Waals surface area contributed by atoms with Crippen LogP contribution < -0.4 is 5.73 Å². The molecule has 4 heteroatoms. The van der Waals surface area contributed by atoms with E-state index in [-0.39, 0.29) is 17.8 Å². The lowest BCUT2D eigenvalue weighted by Crippen LogP contribution is -2.19. The van der Waals surface area contributed by atoms with E-state index in [9.17, 15) is 4.39 Å². The number of halogens is 2. The number of benzene rings is 1. The molecule has 2 nitrogen and oxygen atoms in total. The standard InChI is InChI=1S/C14H14ClFN2/c1-9(13-4-2-3-7-18-13)14(17)11-6-5-10(16)8-12(11)15/h2-9,14H,17H2,1H3. The van der Waals surface area contributed by atoms with Crippen molar-refractivity contribution in [2.24, 2.45) is 5.73 Å². The van der Waals surface area contributed by atoms with Gasteiger partial charge in [-0.25, -0.2) is 4.39 Å². The van der Waals surface area contributed by atoms with Gasteiger partial charge in [-0.05, 0) is 29.8 Å². The Bertz CT molecular complexity index is 531. The maximum absolute atomic E-state index is 13.0. The smallest absolute Gasteiger partial charge is 0.124 e. The van der Waals surface area contributed by atoms with Crippen LogP contribution in [0.4, 0.5) is 4.39 Å². The lowest BCUT2D eigenvalue weighted by Gasteiger charge is -2.20. The van der Waals surface area contributed by atoms with Gasteiger partial charge < -0.3 is 5.73 Å². The van der Waals surface area contributed by atoms with Gasteiger partial charge in [0.05, 0.1) is 0 Å². The fraction of sp³-hybridized carbons (Fsp3) is 0.214. The minimum atomic E-state index is -0.360. The van der Waals surface area contributed by atoms with Crippen molar-refractivity contribution in [2.75, 3.05) is 0 Å². The summed E-state index contributed by atoms with van der Waals surface area (Å²) in [4.78, 5) is 4.28. The minimum absolute atomic E-state index is 0.00848. The van der Waals surface area contributed by atoms with Gasteiger partial charge in [-0.1, -0.05) is 30.7 Å². The molecule has 2 rings (SSSR count). The van der Waals surface area contributed by atoms with Crippen LogP contribution in [0.3, 0.4) is 0 Å². The van der Waals surface area contributed by atoms with Crippen LogP contribution in [0.15, 0.2) is 42.6 Å². The Kier molecular flexibility index (Phi) is 3.94. The number of aromatic nitrogens is 1. The molecule has 94 valence electrons. The number of rotatable bonds is 3. The van der Waals surface area contributed by atoms with Crippen LogP contribution in [0.5, 0.6) is 0 Å². The van der Waals surface area contributed by atoms with E-state index in [2.05, 4.69) is 4.98 Å². The number of nitrogens with two attached hydrogens (primary N) is 1. The summed E-state index contributed by atoms with van der Waals surface area (Å²) in [5.74, 6) is -0.351.